The molecule has 13 heavy (non-hydrogen) atoms. The molecule has 76 valence electrons. The van der Waals surface area contributed by atoms with Crippen LogP contribution in [-0.4, -0.2) is 19.0 Å². The van der Waals surface area contributed by atoms with Gasteiger partial charge in [-0.2, -0.15) is 0 Å². The van der Waals surface area contributed by atoms with Crippen molar-refractivity contribution in [3.63, 3.8) is 0 Å². The highest BCUT2D eigenvalue weighted by Crippen LogP contribution is 2.18. The van der Waals surface area contributed by atoms with Gasteiger partial charge in [0, 0.05) is 12.5 Å². The number of hydrogen-bond donors (Lipinski definition) is 2. The van der Waals surface area contributed by atoms with E-state index < -0.39 is 0 Å². The molecule has 1 saturated heterocycles. The van der Waals surface area contributed by atoms with E-state index in [9.17, 15) is 4.79 Å². The normalized spacial score (nSPS) is 23.8. The van der Waals surface area contributed by atoms with Gasteiger partial charge in [-0.15, -0.1) is 0 Å². The largest absolute Gasteiger partial charge is 0.356 e. The first kappa shape index (κ1) is 10.5. The maximum absolute atomic E-state index is 11.5. The molecule has 0 aromatic heterocycles. The summed E-state index contributed by atoms with van der Waals surface area (Å²) in [5.41, 5.74) is 5.41. The molecule has 3 N–H and O–H groups in total. The number of hydrogen-bond acceptors (Lipinski definition) is 2. The summed E-state index contributed by atoms with van der Waals surface area (Å²) >= 11 is 0. The van der Waals surface area contributed by atoms with Gasteiger partial charge in [0.1, 0.15) is 0 Å². The van der Waals surface area contributed by atoms with Crippen LogP contribution in [0.25, 0.3) is 0 Å². The monoisotopic (exact) mass is 184 g/mol. The third-order valence-corrected chi connectivity index (χ3v) is 2.66. The number of carbonyl (C=O) groups is 1. The summed E-state index contributed by atoms with van der Waals surface area (Å²) in [4.78, 5) is 11.5. The average Bonchev–Trinajstić information content (AvgIpc) is 2.32. The van der Waals surface area contributed by atoms with Gasteiger partial charge in [0.25, 0.3) is 0 Å². The zero-order valence-corrected chi connectivity index (χ0v) is 8.22. The molecule has 0 aromatic carbocycles. The third-order valence-electron chi connectivity index (χ3n) is 2.66. The number of nitrogens with one attached hydrogen (secondary N) is 1. The second-order valence-electron chi connectivity index (χ2n) is 3.77. The molecule has 1 rings (SSSR count). The van der Waals surface area contributed by atoms with Crippen molar-refractivity contribution in [2.45, 2.75) is 38.5 Å². The van der Waals surface area contributed by atoms with Crippen molar-refractivity contribution in [2.75, 3.05) is 13.1 Å². The topological polar surface area (TPSA) is 55.1 Å². The molecule has 1 fully saturated rings. The van der Waals surface area contributed by atoms with Crippen LogP contribution in [0.4, 0.5) is 0 Å². The molecule has 1 unspecified atom stereocenters. The van der Waals surface area contributed by atoms with Crippen molar-refractivity contribution >= 4 is 5.91 Å². The zero-order chi connectivity index (χ0) is 9.52. The van der Waals surface area contributed by atoms with Gasteiger partial charge in [-0.3, -0.25) is 4.79 Å². The molecular formula is C10H20N2O. The van der Waals surface area contributed by atoms with Gasteiger partial charge in [0.05, 0.1) is 0 Å². The summed E-state index contributed by atoms with van der Waals surface area (Å²) in [6.45, 7) is 1.61. The molecule has 3 heteroatoms. The lowest BCUT2D eigenvalue weighted by atomic mass is 9.96. The van der Waals surface area contributed by atoms with Crippen LogP contribution < -0.4 is 11.1 Å². The molecule has 1 heterocycles. The van der Waals surface area contributed by atoms with Gasteiger partial charge < -0.3 is 11.1 Å². The van der Waals surface area contributed by atoms with E-state index >= 15 is 0 Å². The minimum atomic E-state index is 0.258. The maximum atomic E-state index is 11.5. The van der Waals surface area contributed by atoms with E-state index in [1.165, 1.54) is 6.42 Å². The molecular weight excluding hydrogens is 164 g/mol. The quantitative estimate of drug-likeness (QED) is 0.641. The van der Waals surface area contributed by atoms with Gasteiger partial charge in [-0.1, -0.05) is 12.8 Å². The number of unbranched alkanes of at least 4 members (excludes halogenated alkanes) is 1. The van der Waals surface area contributed by atoms with Gasteiger partial charge in [-0.05, 0) is 32.2 Å². The van der Waals surface area contributed by atoms with E-state index in [0.717, 1.165) is 45.2 Å². The molecule has 1 amide bonds. The summed E-state index contributed by atoms with van der Waals surface area (Å²) in [7, 11) is 0. The minimum Gasteiger partial charge on any atom is -0.356 e. The zero-order valence-electron chi connectivity index (χ0n) is 8.22. The molecule has 0 spiro atoms. The summed E-state index contributed by atoms with van der Waals surface area (Å²) in [6.07, 6.45) is 6.54. The van der Waals surface area contributed by atoms with Crippen LogP contribution in [0.1, 0.15) is 38.5 Å². The number of carbonyl (C=O) groups excluding carboxylic acids is 1. The van der Waals surface area contributed by atoms with Gasteiger partial charge in [0.2, 0.25) is 5.91 Å². The highest BCUT2D eigenvalue weighted by atomic mass is 16.1. The SMILES string of the molecule is NCCCCC1CCCCNC1=O. The van der Waals surface area contributed by atoms with Gasteiger partial charge in [-0.25, -0.2) is 0 Å². The summed E-state index contributed by atoms with van der Waals surface area (Å²) in [5.74, 6) is 0.517. The Hall–Kier alpha value is -0.570. The Morgan fingerprint density at radius 1 is 1.38 bits per heavy atom. The van der Waals surface area contributed by atoms with Crippen molar-refractivity contribution in [1.29, 1.82) is 0 Å². The Bertz CT molecular complexity index is 159. The third kappa shape index (κ3) is 3.77. The Morgan fingerprint density at radius 2 is 2.23 bits per heavy atom. The first-order chi connectivity index (χ1) is 6.34. The Kier molecular flexibility index (Phi) is 4.83. The molecule has 1 aliphatic heterocycles. The van der Waals surface area contributed by atoms with Crippen LogP contribution in [0.2, 0.25) is 0 Å². The van der Waals surface area contributed by atoms with Crippen LogP contribution in [0.5, 0.6) is 0 Å². The lowest BCUT2D eigenvalue weighted by molar-refractivity contribution is -0.124. The fourth-order valence-corrected chi connectivity index (χ4v) is 1.81. The van der Waals surface area contributed by atoms with Gasteiger partial charge >= 0.3 is 0 Å². The van der Waals surface area contributed by atoms with Crippen LogP contribution in [0.15, 0.2) is 0 Å². The predicted octanol–water partition coefficient (Wildman–Crippen LogP) is 1.03. The first-order valence-corrected chi connectivity index (χ1v) is 5.32. The first-order valence-electron chi connectivity index (χ1n) is 5.32. The molecule has 1 aliphatic rings. The Labute approximate surface area is 80.1 Å². The molecule has 0 aliphatic carbocycles. The molecule has 0 bridgehead atoms. The van der Waals surface area contributed by atoms with Crippen molar-refractivity contribution in [1.82, 2.24) is 5.32 Å². The summed E-state index contributed by atoms with van der Waals surface area (Å²) in [5, 5.41) is 2.95. The molecule has 0 radical (unpaired) electrons. The van der Waals surface area contributed by atoms with E-state index in [0.29, 0.717) is 0 Å². The van der Waals surface area contributed by atoms with Crippen molar-refractivity contribution in [3.05, 3.63) is 0 Å². The van der Waals surface area contributed by atoms with Crippen LogP contribution in [0, 0.1) is 5.92 Å². The second kappa shape index (κ2) is 5.97. The van der Waals surface area contributed by atoms with Crippen LogP contribution in [0.3, 0.4) is 0 Å². The smallest absolute Gasteiger partial charge is 0.223 e. The van der Waals surface area contributed by atoms with Gasteiger partial charge in [0.15, 0.2) is 0 Å². The fraction of sp³-hybridized carbons (Fsp3) is 0.900. The summed E-state index contributed by atoms with van der Waals surface area (Å²) in [6, 6.07) is 0. The van der Waals surface area contributed by atoms with E-state index in [-0.39, 0.29) is 11.8 Å². The standard InChI is InChI=1S/C10H20N2O/c11-7-3-1-5-9-6-2-4-8-12-10(9)13/h9H,1-8,11H2,(H,12,13). The maximum Gasteiger partial charge on any atom is 0.223 e. The molecule has 3 nitrogen and oxygen atoms in total. The lowest BCUT2D eigenvalue weighted by Gasteiger charge is -2.11. The van der Waals surface area contributed by atoms with E-state index in [1.54, 1.807) is 0 Å². The van der Waals surface area contributed by atoms with E-state index in [4.69, 9.17) is 5.73 Å². The molecule has 0 saturated carbocycles. The van der Waals surface area contributed by atoms with Crippen LogP contribution in [-0.2, 0) is 4.79 Å². The van der Waals surface area contributed by atoms with Crippen molar-refractivity contribution in [2.24, 2.45) is 11.7 Å². The predicted molar refractivity (Wildman–Crippen MR) is 53.3 cm³/mol. The van der Waals surface area contributed by atoms with Crippen molar-refractivity contribution < 1.29 is 4.79 Å². The number of nitrogens with two attached hydrogens (primary N) is 1. The molecule has 1 atom stereocenters. The summed E-state index contributed by atoms with van der Waals surface area (Å²) < 4.78 is 0. The average molecular weight is 184 g/mol. The Morgan fingerprint density at radius 3 is 3.00 bits per heavy atom. The minimum absolute atomic E-state index is 0.258. The number of amides is 1. The second-order valence-corrected chi connectivity index (χ2v) is 3.77. The van der Waals surface area contributed by atoms with E-state index in [2.05, 4.69) is 5.32 Å². The van der Waals surface area contributed by atoms with Crippen molar-refractivity contribution in [3.8, 4) is 0 Å². The molecule has 0 aromatic rings. The highest BCUT2D eigenvalue weighted by molar-refractivity contribution is 5.78. The van der Waals surface area contributed by atoms with E-state index in [1.807, 2.05) is 0 Å². The highest BCUT2D eigenvalue weighted by Gasteiger charge is 2.19. The lowest BCUT2D eigenvalue weighted by Crippen LogP contribution is -2.28. The van der Waals surface area contributed by atoms with Crippen LogP contribution >= 0.6 is 0 Å². The number of rotatable bonds is 4. The fourth-order valence-electron chi connectivity index (χ4n) is 1.81. The Balaban J connectivity index is 2.24.